The SMILES string of the molecule is C=CCCC(NC(=O)C1C(CC(C)C)CCN1C(O)[C@@H](CCC(=O)OC(C)(C)C)C1CCCCC1)C(O)C(=O)NCCC1CCCCC1. The summed E-state index contributed by atoms with van der Waals surface area (Å²) in [7, 11) is 0. The molecule has 1 heterocycles. The lowest BCUT2D eigenvalue weighted by atomic mass is 9.76. The van der Waals surface area contributed by atoms with Crippen LogP contribution in [-0.2, 0) is 19.1 Å². The van der Waals surface area contributed by atoms with Crippen LogP contribution in [0.15, 0.2) is 12.7 Å². The van der Waals surface area contributed by atoms with Crippen LogP contribution >= 0.6 is 0 Å². The maximum atomic E-state index is 14.3. The number of aliphatic hydroxyl groups is 2. The highest BCUT2D eigenvalue weighted by Crippen LogP contribution is 2.39. The quantitative estimate of drug-likeness (QED) is 0.0998. The number of hydrogen-bond donors (Lipinski definition) is 4. The van der Waals surface area contributed by atoms with E-state index in [0.29, 0.717) is 44.2 Å². The highest BCUT2D eigenvalue weighted by atomic mass is 16.6. The van der Waals surface area contributed by atoms with Crippen LogP contribution in [0.1, 0.15) is 144 Å². The largest absolute Gasteiger partial charge is 0.460 e. The van der Waals surface area contributed by atoms with Crippen LogP contribution in [0.4, 0.5) is 0 Å². The minimum Gasteiger partial charge on any atom is -0.460 e. The smallest absolute Gasteiger partial charge is 0.306 e. The van der Waals surface area contributed by atoms with Crippen LogP contribution in [0.5, 0.6) is 0 Å². The molecular weight excluding hydrogens is 606 g/mol. The van der Waals surface area contributed by atoms with Crippen molar-refractivity contribution >= 4 is 17.8 Å². The van der Waals surface area contributed by atoms with E-state index in [9.17, 15) is 24.6 Å². The molecule has 1 saturated heterocycles. The van der Waals surface area contributed by atoms with Crippen LogP contribution in [0.3, 0.4) is 0 Å². The lowest BCUT2D eigenvalue weighted by Gasteiger charge is -2.40. The van der Waals surface area contributed by atoms with E-state index >= 15 is 0 Å². The molecule has 0 spiro atoms. The lowest BCUT2D eigenvalue weighted by molar-refractivity contribution is -0.156. The maximum Gasteiger partial charge on any atom is 0.306 e. The van der Waals surface area contributed by atoms with Gasteiger partial charge in [0.2, 0.25) is 5.91 Å². The zero-order valence-electron chi connectivity index (χ0n) is 30.9. The van der Waals surface area contributed by atoms with Crippen LogP contribution in [-0.4, -0.2) is 76.0 Å². The summed E-state index contributed by atoms with van der Waals surface area (Å²) in [5.74, 6) is 0.134. The maximum absolute atomic E-state index is 14.3. The van der Waals surface area contributed by atoms with Gasteiger partial charge < -0.3 is 25.6 Å². The summed E-state index contributed by atoms with van der Waals surface area (Å²) in [5.41, 5.74) is -0.572. The highest BCUT2D eigenvalue weighted by Gasteiger charge is 2.46. The molecular formula is C39H69N3O6. The summed E-state index contributed by atoms with van der Waals surface area (Å²) in [6.07, 6.45) is 15.2. The number of esters is 1. The van der Waals surface area contributed by atoms with Crippen molar-refractivity contribution < 1.29 is 29.3 Å². The molecule has 3 fully saturated rings. The topological polar surface area (TPSA) is 128 Å². The minimum absolute atomic E-state index is 0.0269. The van der Waals surface area contributed by atoms with E-state index in [-0.39, 0.29) is 36.1 Å². The Morgan fingerprint density at radius 3 is 2.21 bits per heavy atom. The highest BCUT2D eigenvalue weighted by molar-refractivity contribution is 5.85. The average molecular weight is 676 g/mol. The Kier molecular flexibility index (Phi) is 16.9. The van der Waals surface area contributed by atoms with Gasteiger partial charge in [-0.25, -0.2) is 0 Å². The van der Waals surface area contributed by atoms with Crippen molar-refractivity contribution in [2.75, 3.05) is 13.1 Å². The lowest BCUT2D eigenvalue weighted by Crippen LogP contribution is -2.58. The van der Waals surface area contributed by atoms with Gasteiger partial charge in [-0.1, -0.05) is 84.1 Å². The van der Waals surface area contributed by atoms with Gasteiger partial charge in [-0.2, -0.15) is 0 Å². The Morgan fingerprint density at radius 1 is 0.958 bits per heavy atom. The number of rotatable bonds is 18. The Balaban J connectivity index is 1.76. The summed E-state index contributed by atoms with van der Waals surface area (Å²) in [6, 6.07) is -1.37. The van der Waals surface area contributed by atoms with Crippen molar-refractivity contribution in [2.45, 2.75) is 174 Å². The van der Waals surface area contributed by atoms with Gasteiger partial charge in [-0.05, 0) is 83.0 Å². The number of aliphatic hydroxyl groups excluding tert-OH is 2. The van der Waals surface area contributed by atoms with Gasteiger partial charge in [-0.15, -0.1) is 6.58 Å². The zero-order valence-corrected chi connectivity index (χ0v) is 30.9. The van der Waals surface area contributed by atoms with Gasteiger partial charge >= 0.3 is 5.97 Å². The van der Waals surface area contributed by atoms with E-state index in [1.54, 1.807) is 6.08 Å². The first-order chi connectivity index (χ1) is 22.8. The third-order valence-corrected chi connectivity index (χ3v) is 10.9. The standard InChI is InChI=1S/C39H69N3O6/c1-7-8-19-32(35(44)37(46)40-24-22-28-15-11-9-12-16-28)41-36(45)34-30(26-27(2)3)23-25-42(34)38(47)31(29-17-13-10-14-18-29)20-21-33(43)48-39(4,5)6/h7,27-32,34-35,38,44,47H,1,8-26H2,2-6H3,(H,40,46)(H,41,45)/t30?,31-,32?,34?,35?,38?/m0/s1. The summed E-state index contributed by atoms with van der Waals surface area (Å²) in [4.78, 5) is 42.1. The Morgan fingerprint density at radius 2 is 1.60 bits per heavy atom. The number of hydrogen-bond acceptors (Lipinski definition) is 7. The van der Waals surface area contributed by atoms with E-state index in [2.05, 4.69) is 31.1 Å². The van der Waals surface area contributed by atoms with Crippen LogP contribution in [0.25, 0.3) is 0 Å². The second-order valence-corrected chi connectivity index (χ2v) is 16.5. The van der Waals surface area contributed by atoms with E-state index in [1.165, 1.54) is 38.5 Å². The Bertz CT molecular complexity index is 1000. The van der Waals surface area contributed by atoms with Crippen LogP contribution < -0.4 is 10.6 Å². The van der Waals surface area contributed by atoms with Crippen molar-refractivity contribution in [3.05, 3.63) is 12.7 Å². The monoisotopic (exact) mass is 676 g/mol. The second kappa shape index (κ2) is 20.0. The van der Waals surface area contributed by atoms with Crippen molar-refractivity contribution in [1.82, 2.24) is 15.5 Å². The molecule has 0 aromatic heterocycles. The molecule has 276 valence electrons. The van der Waals surface area contributed by atoms with E-state index in [4.69, 9.17) is 4.74 Å². The summed E-state index contributed by atoms with van der Waals surface area (Å²) >= 11 is 0. The normalized spacial score (nSPS) is 24.1. The molecule has 2 saturated carbocycles. The predicted molar refractivity (Wildman–Crippen MR) is 191 cm³/mol. The van der Waals surface area contributed by atoms with Gasteiger partial charge in [0.15, 0.2) is 6.10 Å². The van der Waals surface area contributed by atoms with Crippen molar-refractivity contribution in [2.24, 2.45) is 29.6 Å². The molecule has 0 aromatic rings. The van der Waals surface area contributed by atoms with Gasteiger partial charge in [0, 0.05) is 25.4 Å². The fourth-order valence-electron chi connectivity index (χ4n) is 8.55. The zero-order chi connectivity index (χ0) is 35.3. The molecule has 4 N–H and O–H groups in total. The fourth-order valence-corrected chi connectivity index (χ4v) is 8.55. The summed E-state index contributed by atoms with van der Waals surface area (Å²) in [5, 5.41) is 29.3. The molecule has 3 rings (SSSR count). The number of likely N-dealkylation sites (tertiary alicyclic amines) is 1. The Labute approximate surface area is 291 Å². The molecule has 0 aromatic carbocycles. The number of nitrogens with one attached hydrogen (secondary N) is 2. The number of allylic oxidation sites excluding steroid dienone is 1. The Hall–Kier alpha value is -1.97. The number of nitrogens with zero attached hydrogens (tertiary/aromatic N) is 1. The number of amides is 2. The number of carbonyl (C=O) groups is 3. The molecule has 48 heavy (non-hydrogen) atoms. The van der Waals surface area contributed by atoms with Gasteiger partial charge in [0.1, 0.15) is 11.8 Å². The number of ether oxygens (including phenoxy) is 1. The molecule has 6 atom stereocenters. The third-order valence-electron chi connectivity index (χ3n) is 10.9. The minimum atomic E-state index is -1.38. The first-order valence-corrected chi connectivity index (χ1v) is 19.3. The fraction of sp³-hybridized carbons (Fsp3) is 0.872. The van der Waals surface area contributed by atoms with Gasteiger partial charge in [-0.3, -0.25) is 19.3 Å². The van der Waals surface area contributed by atoms with Crippen molar-refractivity contribution in [3.8, 4) is 0 Å². The predicted octanol–water partition coefficient (Wildman–Crippen LogP) is 6.26. The van der Waals surface area contributed by atoms with Crippen LogP contribution in [0, 0.1) is 29.6 Å². The van der Waals surface area contributed by atoms with Gasteiger partial charge in [0.25, 0.3) is 5.91 Å². The van der Waals surface area contributed by atoms with E-state index in [0.717, 1.165) is 44.9 Å². The van der Waals surface area contributed by atoms with Crippen LogP contribution in [0.2, 0.25) is 0 Å². The first-order valence-electron chi connectivity index (χ1n) is 19.3. The number of carbonyl (C=O) groups excluding carboxylic acids is 3. The van der Waals surface area contributed by atoms with E-state index in [1.807, 2.05) is 25.7 Å². The van der Waals surface area contributed by atoms with Gasteiger partial charge in [0.05, 0.1) is 12.1 Å². The summed E-state index contributed by atoms with van der Waals surface area (Å²) < 4.78 is 5.61. The van der Waals surface area contributed by atoms with E-state index < -0.39 is 35.9 Å². The van der Waals surface area contributed by atoms with Crippen molar-refractivity contribution in [1.29, 1.82) is 0 Å². The molecule has 5 unspecified atom stereocenters. The molecule has 3 aliphatic rings. The molecule has 1 aliphatic heterocycles. The molecule has 9 heteroatoms. The van der Waals surface area contributed by atoms with Crippen molar-refractivity contribution in [3.63, 3.8) is 0 Å². The molecule has 9 nitrogen and oxygen atoms in total. The average Bonchev–Trinajstić information content (AvgIpc) is 3.45. The first kappa shape index (κ1) is 40.5. The molecule has 2 aliphatic carbocycles. The second-order valence-electron chi connectivity index (χ2n) is 16.5. The molecule has 2 amide bonds. The third kappa shape index (κ3) is 13.1. The molecule has 0 radical (unpaired) electrons. The summed E-state index contributed by atoms with van der Waals surface area (Å²) in [6.45, 7) is 14.8. The molecule has 0 bridgehead atoms.